The molecule has 2 aromatic heterocycles. The fourth-order valence-corrected chi connectivity index (χ4v) is 2.03. The van der Waals surface area contributed by atoms with Gasteiger partial charge in [-0.25, -0.2) is 9.67 Å². The van der Waals surface area contributed by atoms with E-state index in [1.807, 2.05) is 13.1 Å². The molecule has 0 aliphatic heterocycles. The van der Waals surface area contributed by atoms with E-state index in [0.29, 0.717) is 5.69 Å². The van der Waals surface area contributed by atoms with Crippen molar-refractivity contribution < 1.29 is 4.79 Å². The number of fused-ring (bicyclic) bond motifs is 1. The van der Waals surface area contributed by atoms with E-state index in [9.17, 15) is 4.79 Å². The van der Waals surface area contributed by atoms with Gasteiger partial charge < -0.3 is 0 Å². The molecular weight excluding hydrogens is 293 g/mol. The second kappa shape index (κ2) is 3.30. The number of aromatic nitrogens is 3. The molecule has 0 unspecified atom stereocenters. The third-order valence-electron chi connectivity index (χ3n) is 2.00. The summed E-state index contributed by atoms with van der Waals surface area (Å²) in [5, 5.41) is 5.20. The number of nitrogens with zero attached hydrogens (tertiary/aromatic N) is 3. The Labute approximate surface area is 94.5 Å². The Bertz CT molecular complexity index is 518. The van der Waals surface area contributed by atoms with E-state index in [-0.39, 0.29) is 5.78 Å². The van der Waals surface area contributed by atoms with Crippen LogP contribution in [0.5, 0.6) is 0 Å². The number of hydrogen-bond acceptors (Lipinski definition) is 3. The van der Waals surface area contributed by atoms with Gasteiger partial charge in [0.2, 0.25) is 0 Å². The number of pyridine rings is 1. The van der Waals surface area contributed by atoms with Crippen molar-refractivity contribution in [3.8, 4) is 0 Å². The van der Waals surface area contributed by atoms with Gasteiger partial charge in [-0.2, -0.15) is 5.10 Å². The molecule has 0 bridgehead atoms. The highest BCUT2D eigenvalue weighted by atomic mass is 127. The summed E-state index contributed by atoms with van der Waals surface area (Å²) < 4.78 is 2.59. The quantitative estimate of drug-likeness (QED) is 0.596. The topological polar surface area (TPSA) is 47.8 Å². The molecule has 72 valence electrons. The van der Waals surface area contributed by atoms with Crippen LogP contribution in [-0.4, -0.2) is 20.5 Å². The number of halogens is 1. The molecule has 0 saturated heterocycles. The fourth-order valence-electron chi connectivity index (χ4n) is 1.29. The molecule has 14 heavy (non-hydrogen) atoms. The van der Waals surface area contributed by atoms with E-state index in [2.05, 4.69) is 32.7 Å². The average molecular weight is 301 g/mol. The molecule has 0 fully saturated rings. The normalized spacial score (nSPS) is 10.8. The minimum absolute atomic E-state index is 0.0249. The van der Waals surface area contributed by atoms with Gasteiger partial charge >= 0.3 is 0 Å². The molecule has 0 aliphatic carbocycles. The van der Waals surface area contributed by atoms with Crippen LogP contribution in [0.2, 0.25) is 0 Å². The lowest BCUT2D eigenvalue weighted by Gasteiger charge is -1.96. The number of carbonyl (C=O) groups excluding carboxylic acids is 1. The zero-order chi connectivity index (χ0) is 10.3. The molecule has 0 radical (unpaired) electrons. The molecule has 0 amide bonds. The largest absolute Gasteiger partial charge is 0.293 e. The average Bonchev–Trinajstić information content (AvgIpc) is 2.42. The zero-order valence-electron chi connectivity index (χ0n) is 7.78. The lowest BCUT2D eigenvalue weighted by molar-refractivity contribution is 0.101. The van der Waals surface area contributed by atoms with Crippen molar-refractivity contribution in [2.45, 2.75) is 6.92 Å². The highest BCUT2D eigenvalue weighted by Crippen LogP contribution is 2.18. The first kappa shape index (κ1) is 9.57. The predicted molar refractivity (Wildman–Crippen MR) is 61.2 cm³/mol. The van der Waals surface area contributed by atoms with Gasteiger partial charge in [0.15, 0.2) is 11.4 Å². The predicted octanol–water partition coefficient (Wildman–Crippen LogP) is 1.78. The monoisotopic (exact) mass is 301 g/mol. The summed E-state index contributed by atoms with van der Waals surface area (Å²) in [4.78, 5) is 15.4. The fraction of sp³-hybridized carbons (Fsp3) is 0.222. The molecule has 2 heterocycles. The number of hydrogen-bond donors (Lipinski definition) is 0. The van der Waals surface area contributed by atoms with Crippen molar-refractivity contribution in [2.75, 3.05) is 0 Å². The summed E-state index contributed by atoms with van der Waals surface area (Å²) in [5.41, 5.74) is 1.24. The maximum absolute atomic E-state index is 11.1. The van der Waals surface area contributed by atoms with E-state index in [0.717, 1.165) is 14.7 Å². The first-order valence-electron chi connectivity index (χ1n) is 4.10. The molecule has 0 aromatic carbocycles. The minimum atomic E-state index is -0.0249. The first-order valence-corrected chi connectivity index (χ1v) is 5.17. The molecule has 0 spiro atoms. The van der Waals surface area contributed by atoms with E-state index in [1.165, 1.54) is 6.92 Å². The summed E-state index contributed by atoms with van der Waals surface area (Å²) in [5.74, 6) is -0.0249. The molecule has 2 rings (SSSR count). The summed E-state index contributed by atoms with van der Waals surface area (Å²) >= 11 is 2.15. The molecule has 2 aromatic rings. The van der Waals surface area contributed by atoms with Crippen LogP contribution in [0.15, 0.2) is 12.1 Å². The van der Waals surface area contributed by atoms with Crippen molar-refractivity contribution in [2.24, 2.45) is 7.05 Å². The van der Waals surface area contributed by atoms with Gasteiger partial charge in [-0.15, -0.1) is 0 Å². The van der Waals surface area contributed by atoms with Crippen LogP contribution in [0.1, 0.15) is 17.4 Å². The van der Waals surface area contributed by atoms with Gasteiger partial charge in [0.25, 0.3) is 0 Å². The van der Waals surface area contributed by atoms with Crippen molar-refractivity contribution in [1.29, 1.82) is 0 Å². The van der Waals surface area contributed by atoms with Crippen LogP contribution >= 0.6 is 22.6 Å². The first-order chi connectivity index (χ1) is 6.59. The zero-order valence-corrected chi connectivity index (χ0v) is 9.94. The Morgan fingerprint density at radius 1 is 1.50 bits per heavy atom. The number of rotatable bonds is 1. The second-order valence-corrected chi connectivity index (χ2v) is 4.06. The van der Waals surface area contributed by atoms with Crippen molar-refractivity contribution in [3.63, 3.8) is 0 Å². The Balaban J connectivity index is 2.77. The maximum atomic E-state index is 11.1. The highest BCUT2D eigenvalue weighted by Gasteiger charge is 2.09. The highest BCUT2D eigenvalue weighted by molar-refractivity contribution is 14.1. The van der Waals surface area contributed by atoms with Crippen molar-refractivity contribution in [1.82, 2.24) is 14.8 Å². The van der Waals surface area contributed by atoms with Crippen molar-refractivity contribution in [3.05, 3.63) is 21.5 Å². The molecule has 0 aliphatic rings. The molecule has 0 atom stereocenters. The van der Waals surface area contributed by atoms with Gasteiger partial charge in [-0.3, -0.25) is 4.79 Å². The standard InChI is InChI=1S/C9H8IN3O/c1-5(14)7-4-3-6-8(10)12-13(2)9(6)11-7/h3-4H,1-2H3. The van der Waals surface area contributed by atoms with E-state index < -0.39 is 0 Å². The lowest BCUT2D eigenvalue weighted by atomic mass is 10.2. The van der Waals surface area contributed by atoms with Gasteiger partial charge in [0.05, 0.1) is 5.39 Å². The lowest BCUT2D eigenvalue weighted by Crippen LogP contribution is -1.99. The molecule has 4 nitrogen and oxygen atoms in total. The maximum Gasteiger partial charge on any atom is 0.178 e. The molecule has 0 N–H and O–H groups in total. The Hall–Kier alpha value is -0.980. The summed E-state index contributed by atoms with van der Waals surface area (Å²) in [6.45, 7) is 1.51. The smallest absolute Gasteiger partial charge is 0.178 e. The molecule has 5 heteroatoms. The van der Waals surface area contributed by atoms with Gasteiger partial charge in [0.1, 0.15) is 9.39 Å². The Morgan fingerprint density at radius 3 is 2.86 bits per heavy atom. The van der Waals surface area contributed by atoms with Crippen LogP contribution in [0, 0.1) is 3.70 Å². The summed E-state index contributed by atoms with van der Waals surface area (Å²) in [6.07, 6.45) is 0. The van der Waals surface area contributed by atoms with Crippen molar-refractivity contribution >= 4 is 39.4 Å². The molecule has 0 saturated carbocycles. The molecular formula is C9H8IN3O. The Morgan fingerprint density at radius 2 is 2.21 bits per heavy atom. The van der Waals surface area contributed by atoms with Crippen LogP contribution in [0.3, 0.4) is 0 Å². The summed E-state index contributed by atoms with van der Waals surface area (Å²) in [7, 11) is 1.82. The van der Waals surface area contributed by atoms with Gasteiger partial charge in [-0.1, -0.05) is 0 Å². The minimum Gasteiger partial charge on any atom is -0.293 e. The van der Waals surface area contributed by atoms with E-state index >= 15 is 0 Å². The van der Waals surface area contributed by atoms with Crippen LogP contribution < -0.4 is 0 Å². The van der Waals surface area contributed by atoms with Crippen LogP contribution in [-0.2, 0) is 7.05 Å². The second-order valence-electron chi connectivity index (χ2n) is 3.04. The third kappa shape index (κ3) is 1.41. The number of carbonyl (C=O) groups is 1. The SMILES string of the molecule is CC(=O)c1ccc2c(I)nn(C)c2n1. The van der Waals surface area contributed by atoms with Gasteiger partial charge in [-0.05, 0) is 34.7 Å². The summed E-state index contributed by atoms with van der Waals surface area (Å²) in [6, 6.07) is 3.61. The Kier molecular flexibility index (Phi) is 2.26. The van der Waals surface area contributed by atoms with Crippen LogP contribution in [0.4, 0.5) is 0 Å². The van der Waals surface area contributed by atoms with E-state index in [1.54, 1.807) is 10.7 Å². The third-order valence-corrected chi connectivity index (χ3v) is 2.80. The van der Waals surface area contributed by atoms with Gasteiger partial charge in [0, 0.05) is 14.0 Å². The van der Waals surface area contributed by atoms with E-state index in [4.69, 9.17) is 0 Å². The number of aryl methyl sites for hydroxylation is 1. The van der Waals surface area contributed by atoms with Crippen LogP contribution in [0.25, 0.3) is 11.0 Å². The number of ketones is 1. The number of Topliss-reactive ketones (excluding diaryl/α,β-unsaturated/α-hetero) is 1.